The molecule has 2 heterocycles. The van der Waals surface area contributed by atoms with E-state index in [1.165, 1.54) is 31.3 Å². The van der Waals surface area contributed by atoms with E-state index in [0.717, 1.165) is 15.6 Å². The number of aryl methyl sites for hydroxylation is 2. The number of carbonyl (C=O) groups is 1. The number of hydrogen-bond donors (Lipinski definition) is 0. The second-order valence-electron chi connectivity index (χ2n) is 6.09. The summed E-state index contributed by atoms with van der Waals surface area (Å²) in [6, 6.07) is 5.60. The lowest BCUT2D eigenvalue weighted by Crippen LogP contribution is -2.10. The summed E-state index contributed by atoms with van der Waals surface area (Å²) >= 11 is 7.75. The zero-order valence-corrected chi connectivity index (χ0v) is 16.7. The molecule has 0 aliphatic carbocycles. The molecule has 0 bridgehead atoms. The molecule has 0 aliphatic heterocycles. The summed E-state index contributed by atoms with van der Waals surface area (Å²) in [5, 5.41) is 0.981. The smallest absolute Gasteiger partial charge is 0.433 e. The second kappa shape index (κ2) is 7.60. The summed E-state index contributed by atoms with van der Waals surface area (Å²) < 4.78 is 49.9. The van der Waals surface area contributed by atoms with Gasteiger partial charge in [0.2, 0.25) is 0 Å². The third kappa shape index (κ3) is 4.23. The van der Waals surface area contributed by atoms with E-state index in [9.17, 15) is 18.0 Å². The first-order valence-electron chi connectivity index (χ1n) is 8.14. The Kier molecular flexibility index (Phi) is 5.54. The molecule has 148 valence electrons. The van der Waals surface area contributed by atoms with Crippen LogP contribution in [0, 0.1) is 13.8 Å². The minimum atomic E-state index is -4.49. The molecule has 28 heavy (non-hydrogen) atoms. The summed E-state index contributed by atoms with van der Waals surface area (Å²) in [7, 11) is 0. The van der Waals surface area contributed by atoms with Crippen molar-refractivity contribution >= 4 is 39.0 Å². The van der Waals surface area contributed by atoms with Gasteiger partial charge in [-0.1, -0.05) is 17.7 Å². The van der Waals surface area contributed by atoms with Gasteiger partial charge in [0, 0.05) is 27.8 Å². The lowest BCUT2D eigenvalue weighted by atomic mass is 10.2. The summed E-state index contributed by atoms with van der Waals surface area (Å²) in [5.74, 6) is 0.434. The van der Waals surface area contributed by atoms with Crippen molar-refractivity contribution in [2.24, 2.45) is 0 Å². The van der Waals surface area contributed by atoms with Crippen LogP contribution in [0.5, 0.6) is 11.5 Å². The third-order valence-electron chi connectivity index (χ3n) is 3.96. The van der Waals surface area contributed by atoms with Gasteiger partial charge < -0.3 is 9.47 Å². The highest BCUT2D eigenvalue weighted by atomic mass is 35.5. The molecule has 3 rings (SSSR count). The average molecular weight is 430 g/mol. The van der Waals surface area contributed by atoms with Crippen molar-refractivity contribution in [2.75, 3.05) is 0 Å². The van der Waals surface area contributed by atoms with Gasteiger partial charge in [0.15, 0.2) is 5.75 Å². The molecule has 9 heteroatoms. The topological polar surface area (TPSA) is 48.4 Å². The van der Waals surface area contributed by atoms with Crippen LogP contribution in [0.3, 0.4) is 0 Å². The molecule has 0 saturated heterocycles. The number of alkyl halides is 3. The fraction of sp³-hybridized carbons (Fsp3) is 0.263. The first-order valence-corrected chi connectivity index (χ1v) is 9.33. The van der Waals surface area contributed by atoms with E-state index in [1.807, 2.05) is 6.92 Å². The van der Waals surface area contributed by atoms with E-state index in [2.05, 4.69) is 4.98 Å². The number of hydrogen-bond acceptors (Lipinski definition) is 5. The number of benzene rings is 1. The molecule has 1 aromatic carbocycles. The summed E-state index contributed by atoms with van der Waals surface area (Å²) in [6.07, 6.45) is -4.49. The van der Waals surface area contributed by atoms with E-state index in [-0.39, 0.29) is 12.3 Å². The summed E-state index contributed by atoms with van der Waals surface area (Å²) in [5.41, 5.74) is -0.163. The van der Waals surface area contributed by atoms with Gasteiger partial charge in [-0.05, 0) is 32.0 Å². The molecule has 0 unspecified atom stereocenters. The number of carbonyl (C=O) groups excluding carboxylic acids is 1. The Hall–Kier alpha value is -2.32. The van der Waals surface area contributed by atoms with Crippen molar-refractivity contribution in [2.45, 2.75) is 33.6 Å². The molecule has 0 amide bonds. The molecule has 2 aromatic heterocycles. The van der Waals surface area contributed by atoms with E-state index in [1.54, 1.807) is 12.1 Å². The lowest BCUT2D eigenvalue weighted by molar-refractivity contribution is -0.141. The Balaban J connectivity index is 1.85. The number of nitrogens with zero attached hydrogens (tertiary/aromatic N) is 1. The van der Waals surface area contributed by atoms with Gasteiger partial charge in [-0.3, -0.25) is 4.79 Å². The van der Waals surface area contributed by atoms with Crippen molar-refractivity contribution in [1.29, 1.82) is 0 Å². The number of ether oxygens (including phenoxy) is 2. The monoisotopic (exact) mass is 429 g/mol. The quantitative estimate of drug-likeness (QED) is 0.471. The molecule has 0 radical (unpaired) electrons. The Labute approximate surface area is 167 Å². The van der Waals surface area contributed by atoms with E-state index < -0.39 is 17.8 Å². The Morgan fingerprint density at radius 2 is 1.96 bits per heavy atom. The molecule has 0 atom stereocenters. The van der Waals surface area contributed by atoms with Gasteiger partial charge in [-0.15, -0.1) is 11.3 Å². The van der Waals surface area contributed by atoms with Crippen molar-refractivity contribution in [3.05, 3.63) is 51.1 Å². The van der Waals surface area contributed by atoms with Gasteiger partial charge >= 0.3 is 12.1 Å². The third-order valence-corrected chi connectivity index (χ3v) is 5.29. The molecule has 4 nitrogen and oxygen atoms in total. The molecule has 0 N–H and O–H groups in total. The van der Waals surface area contributed by atoms with Crippen molar-refractivity contribution in [3.8, 4) is 11.5 Å². The van der Waals surface area contributed by atoms with Crippen LogP contribution in [0.1, 0.15) is 28.8 Å². The van der Waals surface area contributed by atoms with Crippen LogP contribution < -0.4 is 9.47 Å². The SMILES string of the molecule is CC(=O)Oc1c(C)sc2cc(OCc3ccc(C(F)(F)F)nc3C)cc(Cl)c12. The van der Waals surface area contributed by atoms with Gasteiger partial charge in [-0.2, -0.15) is 13.2 Å². The first-order chi connectivity index (χ1) is 13.1. The molecule has 0 saturated carbocycles. The molecular formula is C19H15ClF3NO3S. The number of fused-ring (bicyclic) bond motifs is 1. The maximum absolute atomic E-state index is 12.7. The van der Waals surface area contributed by atoms with Crippen LogP contribution in [0.4, 0.5) is 13.2 Å². The second-order valence-corrected chi connectivity index (χ2v) is 7.75. The highest BCUT2D eigenvalue weighted by Crippen LogP contribution is 2.43. The lowest BCUT2D eigenvalue weighted by Gasteiger charge is -2.12. The normalized spacial score (nSPS) is 11.7. The molecule has 3 aromatic rings. The minimum absolute atomic E-state index is 0.0416. The van der Waals surface area contributed by atoms with E-state index >= 15 is 0 Å². The Bertz CT molecular complexity index is 1060. The van der Waals surface area contributed by atoms with Gasteiger partial charge in [-0.25, -0.2) is 4.98 Å². The number of rotatable bonds is 4. The van der Waals surface area contributed by atoms with E-state index in [4.69, 9.17) is 21.1 Å². The standard InChI is InChI=1S/C19H15ClF3NO3S/c1-9-12(4-5-16(24-9)19(21,22)23)8-26-13-6-14(20)17-15(7-13)28-10(2)18(17)27-11(3)25/h4-7H,8H2,1-3H3. The van der Waals surface area contributed by atoms with Crippen LogP contribution in [-0.2, 0) is 17.6 Å². The number of esters is 1. The first kappa shape index (κ1) is 20.4. The molecular weight excluding hydrogens is 415 g/mol. The van der Waals surface area contributed by atoms with Gasteiger partial charge in [0.05, 0.1) is 10.4 Å². The maximum atomic E-state index is 12.7. The summed E-state index contributed by atoms with van der Waals surface area (Å²) in [6.45, 7) is 4.67. The van der Waals surface area contributed by atoms with Crippen molar-refractivity contribution in [1.82, 2.24) is 4.98 Å². The van der Waals surface area contributed by atoms with Crippen LogP contribution in [0.25, 0.3) is 10.1 Å². The maximum Gasteiger partial charge on any atom is 0.433 e. The highest BCUT2D eigenvalue weighted by Gasteiger charge is 2.32. The fourth-order valence-corrected chi connectivity index (χ4v) is 4.05. The van der Waals surface area contributed by atoms with Gasteiger partial charge in [0.25, 0.3) is 0 Å². The van der Waals surface area contributed by atoms with Gasteiger partial charge in [0.1, 0.15) is 18.1 Å². The average Bonchev–Trinajstić information content (AvgIpc) is 2.88. The number of pyridine rings is 1. The fourth-order valence-electron chi connectivity index (χ4n) is 2.66. The van der Waals surface area contributed by atoms with Crippen LogP contribution >= 0.6 is 22.9 Å². The zero-order valence-electron chi connectivity index (χ0n) is 15.1. The molecule has 0 fully saturated rings. The van der Waals surface area contributed by atoms with E-state index in [0.29, 0.717) is 27.5 Å². The molecule has 0 spiro atoms. The predicted molar refractivity (Wildman–Crippen MR) is 101 cm³/mol. The Morgan fingerprint density at radius 3 is 2.57 bits per heavy atom. The van der Waals surface area contributed by atoms with Crippen LogP contribution in [-0.4, -0.2) is 11.0 Å². The Morgan fingerprint density at radius 1 is 1.25 bits per heavy atom. The number of aromatic nitrogens is 1. The van der Waals surface area contributed by atoms with Crippen LogP contribution in [0.2, 0.25) is 5.02 Å². The van der Waals surface area contributed by atoms with Crippen LogP contribution in [0.15, 0.2) is 24.3 Å². The van der Waals surface area contributed by atoms with Crippen molar-refractivity contribution < 1.29 is 27.4 Å². The zero-order chi connectivity index (χ0) is 20.6. The summed E-state index contributed by atoms with van der Waals surface area (Å²) in [4.78, 5) is 15.7. The predicted octanol–water partition coefficient (Wildman–Crippen LogP) is 6.09. The minimum Gasteiger partial charge on any atom is -0.489 e. The number of halogens is 4. The van der Waals surface area contributed by atoms with Crippen molar-refractivity contribution in [3.63, 3.8) is 0 Å². The largest absolute Gasteiger partial charge is 0.489 e. The molecule has 0 aliphatic rings. The number of thiophene rings is 1. The highest BCUT2D eigenvalue weighted by molar-refractivity contribution is 7.19.